The minimum atomic E-state index is -4.96. The van der Waals surface area contributed by atoms with Crippen molar-refractivity contribution in [1.29, 1.82) is 0 Å². The first-order valence-electron chi connectivity index (χ1n) is 12.7. The van der Waals surface area contributed by atoms with Crippen LogP contribution in [0.3, 0.4) is 0 Å². The largest absolute Gasteiger partial charge is 0.573 e. The van der Waals surface area contributed by atoms with Crippen molar-refractivity contribution in [2.75, 3.05) is 23.7 Å². The topological polar surface area (TPSA) is 79.9 Å². The van der Waals surface area contributed by atoms with Gasteiger partial charge in [-0.15, -0.1) is 13.2 Å². The molecule has 5 rings (SSSR count). The zero-order chi connectivity index (χ0) is 27.6. The summed E-state index contributed by atoms with van der Waals surface area (Å²) >= 11 is 0. The third-order valence-corrected chi connectivity index (χ3v) is 6.97. The lowest BCUT2D eigenvalue weighted by Crippen LogP contribution is -2.51. The van der Waals surface area contributed by atoms with Gasteiger partial charge in [-0.3, -0.25) is 14.5 Å². The number of benzene rings is 3. The lowest BCUT2D eigenvalue weighted by molar-refractivity contribution is -0.274. The molecule has 3 aromatic rings. The molecule has 204 valence electrons. The van der Waals surface area contributed by atoms with Gasteiger partial charge in [-0.05, 0) is 61.2 Å². The van der Waals surface area contributed by atoms with Gasteiger partial charge in [-0.1, -0.05) is 42.5 Å². The van der Waals surface area contributed by atoms with Crippen LogP contribution in [-0.2, 0) is 9.53 Å². The number of alkyl halides is 3. The fourth-order valence-corrected chi connectivity index (χ4v) is 4.93. The number of likely N-dealkylation sites (tertiary alicyclic amines) is 1. The minimum absolute atomic E-state index is 0.0587. The highest BCUT2D eigenvalue weighted by molar-refractivity contribution is 6.05. The van der Waals surface area contributed by atoms with Gasteiger partial charge < -0.3 is 20.1 Å². The lowest BCUT2D eigenvalue weighted by atomic mass is 10.0. The number of carbonyl (C=O) groups is 2. The number of hydrogen-bond donors (Lipinski definition) is 2. The van der Waals surface area contributed by atoms with Crippen molar-refractivity contribution in [3.8, 4) is 16.9 Å². The van der Waals surface area contributed by atoms with E-state index in [0.717, 1.165) is 30.0 Å². The van der Waals surface area contributed by atoms with E-state index in [0.29, 0.717) is 18.7 Å². The molecule has 2 heterocycles. The van der Waals surface area contributed by atoms with E-state index < -0.39 is 30.0 Å². The van der Waals surface area contributed by atoms with E-state index in [1.807, 2.05) is 47.4 Å². The molecule has 0 saturated carbocycles. The number of amides is 2. The zero-order valence-electron chi connectivity index (χ0n) is 21.2. The van der Waals surface area contributed by atoms with Crippen LogP contribution in [0.15, 0.2) is 72.8 Å². The Bertz CT molecular complexity index is 1320. The summed E-state index contributed by atoms with van der Waals surface area (Å²) in [4.78, 5) is 27.9. The van der Waals surface area contributed by atoms with Crippen LogP contribution in [0, 0.1) is 0 Å². The second kappa shape index (κ2) is 11.1. The van der Waals surface area contributed by atoms with Gasteiger partial charge in [0.25, 0.3) is 5.91 Å². The molecular weight excluding hydrogens is 511 g/mol. The summed E-state index contributed by atoms with van der Waals surface area (Å²) in [5.41, 5.74) is 2.32. The molecule has 10 heteroatoms. The molecule has 2 N–H and O–H groups in total. The van der Waals surface area contributed by atoms with Gasteiger partial charge in [0.15, 0.2) is 5.75 Å². The molecular formula is C29H28F3N3O4. The quantitative estimate of drug-likeness (QED) is 0.403. The summed E-state index contributed by atoms with van der Waals surface area (Å²) in [6, 6.07) is 19.6. The molecule has 2 saturated heterocycles. The second-order valence-electron chi connectivity index (χ2n) is 9.73. The van der Waals surface area contributed by atoms with Crippen molar-refractivity contribution in [2.45, 2.75) is 44.4 Å². The Morgan fingerprint density at radius 2 is 1.56 bits per heavy atom. The highest BCUT2D eigenvalue weighted by Gasteiger charge is 2.37. The first-order valence-corrected chi connectivity index (χ1v) is 12.7. The van der Waals surface area contributed by atoms with E-state index in [1.165, 1.54) is 12.1 Å². The number of nitrogens with zero attached hydrogens (tertiary/aromatic N) is 1. The first-order chi connectivity index (χ1) is 18.6. The molecule has 0 radical (unpaired) electrons. The Hall–Kier alpha value is -3.89. The SMILES string of the molecule is CC(C(=O)Nc1cc(NC(=O)c2ccc(-c3ccccc3)cc2)ccc1OC(F)(F)F)N1CC2CCC(C1)O2. The maximum atomic E-state index is 13.1. The molecule has 0 aliphatic carbocycles. The number of nitrogens with one attached hydrogen (secondary N) is 2. The van der Waals surface area contributed by atoms with E-state index in [2.05, 4.69) is 15.4 Å². The predicted molar refractivity (Wildman–Crippen MR) is 141 cm³/mol. The molecule has 2 aliphatic rings. The van der Waals surface area contributed by atoms with Crippen LogP contribution >= 0.6 is 0 Å². The van der Waals surface area contributed by atoms with Crippen molar-refractivity contribution >= 4 is 23.2 Å². The number of hydrogen-bond acceptors (Lipinski definition) is 5. The van der Waals surface area contributed by atoms with Crippen molar-refractivity contribution < 1.29 is 32.2 Å². The highest BCUT2D eigenvalue weighted by Crippen LogP contribution is 2.34. The van der Waals surface area contributed by atoms with Crippen LogP contribution in [0.2, 0.25) is 0 Å². The number of carbonyl (C=O) groups excluding carboxylic acids is 2. The van der Waals surface area contributed by atoms with Gasteiger partial charge >= 0.3 is 6.36 Å². The van der Waals surface area contributed by atoms with Gasteiger partial charge in [-0.25, -0.2) is 0 Å². The zero-order valence-corrected chi connectivity index (χ0v) is 21.2. The number of rotatable bonds is 7. The fourth-order valence-electron chi connectivity index (χ4n) is 4.93. The van der Waals surface area contributed by atoms with Gasteiger partial charge in [-0.2, -0.15) is 0 Å². The van der Waals surface area contributed by atoms with Gasteiger partial charge in [0.2, 0.25) is 5.91 Å². The summed E-state index contributed by atoms with van der Waals surface area (Å²) < 4.78 is 49.1. The van der Waals surface area contributed by atoms with Gasteiger partial charge in [0.1, 0.15) is 0 Å². The average Bonchev–Trinajstić information content (AvgIpc) is 3.26. The summed E-state index contributed by atoms with van der Waals surface area (Å²) in [7, 11) is 0. The van der Waals surface area contributed by atoms with Crippen LogP contribution < -0.4 is 15.4 Å². The number of ether oxygens (including phenoxy) is 2. The van der Waals surface area contributed by atoms with Crippen LogP contribution in [0.4, 0.5) is 24.5 Å². The average molecular weight is 540 g/mol. The van der Waals surface area contributed by atoms with Gasteiger partial charge in [0.05, 0.1) is 23.9 Å². The summed E-state index contributed by atoms with van der Waals surface area (Å²) in [5, 5.41) is 5.24. The van der Waals surface area contributed by atoms with Crippen LogP contribution in [0.1, 0.15) is 30.1 Å². The molecule has 2 fully saturated rings. The number of morpholine rings is 1. The van der Waals surface area contributed by atoms with E-state index in [9.17, 15) is 22.8 Å². The first kappa shape index (κ1) is 26.7. The van der Waals surface area contributed by atoms with Crippen LogP contribution in [0.25, 0.3) is 11.1 Å². The molecule has 3 aromatic carbocycles. The van der Waals surface area contributed by atoms with Crippen molar-refractivity contribution in [3.05, 3.63) is 78.4 Å². The number of fused-ring (bicyclic) bond motifs is 2. The smallest absolute Gasteiger partial charge is 0.404 e. The normalized spacial score (nSPS) is 19.8. The molecule has 3 atom stereocenters. The third-order valence-electron chi connectivity index (χ3n) is 6.97. The van der Waals surface area contributed by atoms with Crippen molar-refractivity contribution in [3.63, 3.8) is 0 Å². The summed E-state index contributed by atoms with van der Waals surface area (Å²) in [5.74, 6) is -1.51. The van der Waals surface area contributed by atoms with Gasteiger partial charge in [0, 0.05) is 24.3 Å². The van der Waals surface area contributed by atoms with E-state index >= 15 is 0 Å². The summed E-state index contributed by atoms with van der Waals surface area (Å²) in [6.45, 7) is 2.86. The van der Waals surface area contributed by atoms with Crippen molar-refractivity contribution in [1.82, 2.24) is 4.90 Å². The Labute approximate surface area is 223 Å². The Morgan fingerprint density at radius 3 is 2.21 bits per heavy atom. The molecule has 2 amide bonds. The molecule has 7 nitrogen and oxygen atoms in total. The standard InChI is InChI=1S/C29H28F3N3O4/c1-18(35-16-23-12-13-24(17-35)38-23)27(36)34-25-15-22(11-14-26(25)39-29(30,31)32)33-28(37)21-9-7-20(8-10-21)19-5-3-2-4-6-19/h2-11,14-15,18,23-24H,12-13,16-17H2,1H3,(H,33,37)(H,34,36). The molecule has 2 bridgehead atoms. The van der Waals surface area contributed by atoms with Crippen molar-refractivity contribution in [2.24, 2.45) is 0 Å². The monoisotopic (exact) mass is 539 g/mol. The lowest BCUT2D eigenvalue weighted by Gasteiger charge is -2.35. The Balaban J connectivity index is 1.31. The number of halogens is 3. The van der Waals surface area contributed by atoms with Crippen LogP contribution in [0.5, 0.6) is 5.75 Å². The fraction of sp³-hybridized carbons (Fsp3) is 0.310. The minimum Gasteiger partial charge on any atom is -0.404 e. The Kier molecular flexibility index (Phi) is 7.58. The molecule has 3 unspecified atom stereocenters. The molecule has 39 heavy (non-hydrogen) atoms. The maximum absolute atomic E-state index is 13.1. The second-order valence-corrected chi connectivity index (χ2v) is 9.73. The maximum Gasteiger partial charge on any atom is 0.573 e. The van der Waals surface area contributed by atoms with E-state index in [-0.39, 0.29) is 23.6 Å². The number of anilines is 2. The van der Waals surface area contributed by atoms with Crippen LogP contribution in [-0.4, -0.2) is 54.4 Å². The highest BCUT2D eigenvalue weighted by atomic mass is 19.4. The third kappa shape index (κ3) is 6.58. The van der Waals surface area contributed by atoms with E-state index in [1.54, 1.807) is 19.1 Å². The molecule has 2 aliphatic heterocycles. The molecule has 0 aromatic heterocycles. The molecule has 0 spiro atoms. The Morgan fingerprint density at radius 1 is 0.923 bits per heavy atom. The summed E-state index contributed by atoms with van der Waals surface area (Å²) in [6.07, 6.45) is -2.99. The van der Waals surface area contributed by atoms with E-state index in [4.69, 9.17) is 4.74 Å². The predicted octanol–water partition coefficient (Wildman–Crippen LogP) is 5.69.